The molecule has 0 aliphatic carbocycles. The summed E-state index contributed by atoms with van der Waals surface area (Å²) in [7, 11) is 0. The number of thiophene rings is 1. The third-order valence-corrected chi connectivity index (χ3v) is 3.46. The number of hydrogen-bond acceptors (Lipinski definition) is 3. The number of rotatable bonds is 2. The Kier molecular flexibility index (Phi) is 2.78. The van der Waals surface area contributed by atoms with Crippen LogP contribution in [0.1, 0.15) is 23.1 Å². The normalized spacial score (nSPS) is 14.8. The quantitative estimate of drug-likeness (QED) is 0.871. The standard InChI is InChI=1S/C12H12FNOS/c1-8-10(5-6-16-8)12(2,15)11-4-3-9(13)7-14-11/h3-7,15H,1-2H3. The Bertz CT molecular complexity index is 490. The minimum absolute atomic E-state index is 0.401. The predicted molar refractivity (Wildman–Crippen MR) is 61.9 cm³/mol. The van der Waals surface area contributed by atoms with Crippen LogP contribution < -0.4 is 0 Å². The zero-order valence-electron chi connectivity index (χ0n) is 9.07. The largest absolute Gasteiger partial charge is 0.379 e. The van der Waals surface area contributed by atoms with E-state index in [0.717, 1.165) is 16.6 Å². The van der Waals surface area contributed by atoms with Crippen molar-refractivity contribution >= 4 is 11.3 Å². The summed E-state index contributed by atoms with van der Waals surface area (Å²) < 4.78 is 12.8. The van der Waals surface area contributed by atoms with E-state index in [2.05, 4.69) is 4.98 Å². The fourth-order valence-corrected chi connectivity index (χ4v) is 2.49. The van der Waals surface area contributed by atoms with Crippen molar-refractivity contribution in [3.63, 3.8) is 0 Å². The third kappa shape index (κ3) is 1.86. The van der Waals surface area contributed by atoms with E-state index in [-0.39, 0.29) is 0 Å². The van der Waals surface area contributed by atoms with E-state index in [1.165, 1.54) is 12.1 Å². The SMILES string of the molecule is Cc1sccc1C(C)(O)c1ccc(F)cn1. The van der Waals surface area contributed by atoms with Crippen LogP contribution in [-0.2, 0) is 5.60 Å². The summed E-state index contributed by atoms with van der Waals surface area (Å²) in [6.07, 6.45) is 1.12. The van der Waals surface area contributed by atoms with Crippen LogP contribution in [0.4, 0.5) is 4.39 Å². The van der Waals surface area contributed by atoms with E-state index < -0.39 is 11.4 Å². The summed E-state index contributed by atoms with van der Waals surface area (Å²) in [4.78, 5) is 4.96. The molecular weight excluding hydrogens is 225 g/mol. The average molecular weight is 237 g/mol. The number of aliphatic hydroxyl groups is 1. The number of pyridine rings is 1. The number of nitrogens with zero attached hydrogens (tertiary/aromatic N) is 1. The summed E-state index contributed by atoms with van der Waals surface area (Å²) >= 11 is 1.57. The first-order chi connectivity index (χ1) is 7.51. The Morgan fingerprint density at radius 2 is 2.12 bits per heavy atom. The molecule has 2 nitrogen and oxygen atoms in total. The van der Waals surface area contributed by atoms with Crippen molar-refractivity contribution in [2.75, 3.05) is 0 Å². The van der Waals surface area contributed by atoms with Gasteiger partial charge in [-0.2, -0.15) is 0 Å². The average Bonchev–Trinajstić information content (AvgIpc) is 2.66. The molecule has 0 amide bonds. The highest BCUT2D eigenvalue weighted by molar-refractivity contribution is 7.10. The van der Waals surface area contributed by atoms with Crippen LogP contribution in [-0.4, -0.2) is 10.1 Å². The summed E-state index contributed by atoms with van der Waals surface area (Å²) in [6, 6.07) is 4.68. The maximum Gasteiger partial charge on any atom is 0.141 e. The number of aromatic nitrogens is 1. The van der Waals surface area contributed by atoms with E-state index in [1.54, 1.807) is 18.3 Å². The van der Waals surface area contributed by atoms with Gasteiger partial charge in [-0.1, -0.05) is 0 Å². The molecule has 1 N–H and O–H groups in total. The first kappa shape index (κ1) is 11.2. The zero-order valence-corrected chi connectivity index (χ0v) is 9.88. The molecule has 0 spiro atoms. The van der Waals surface area contributed by atoms with Crippen molar-refractivity contribution < 1.29 is 9.50 Å². The smallest absolute Gasteiger partial charge is 0.141 e. The fraction of sp³-hybridized carbons (Fsp3) is 0.250. The summed E-state index contributed by atoms with van der Waals surface area (Å²) in [5, 5.41) is 12.4. The van der Waals surface area contributed by atoms with Gasteiger partial charge < -0.3 is 5.11 Å². The first-order valence-electron chi connectivity index (χ1n) is 4.91. The lowest BCUT2D eigenvalue weighted by Crippen LogP contribution is -2.24. The van der Waals surface area contributed by atoms with E-state index in [1.807, 2.05) is 18.4 Å². The highest BCUT2D eigenvalue weighted by Crippen LogP contribution is 2.32. The molecular formula is C12H12FNOS. The number of halogens is 1. The van der Waals surface area contributed by atoms with Crippen LogP contribution in [0.25, 0.3) is 0 Å². The monoisotopic (exact) mass is 237 g/mol. The molecule has 1 atom stereocenters. The molecule has 84 valence electrons. The maximum absolute atomic E-state index is 12.8. The van der Waals surface area contributed by atoms with Gasteiger partial charge in [-0.05, 0) is 37.4 Å². The lowest BCUT2D eigenvalue weighted by atomic mass is 9.93. The molecule has 2 rings (SSSR count). The molecule has 16 heavy (non-hydrogen) atoms. The van der Waals surface area contributed by atoms with Gasteiger partial charge in [0.1, 0.15) is 11.4 Å². The lowest BCUT2D eigenvalue weighted by molar-refractivity contribution is 0.0971. The number of aryl methyl sites for hydroxylation is 1. The molecule has 0 fully saturated rings. The highest BCUT2D eigenvalue weighted by Gasteiger charge is 2.29. The molecule has 0 aliphatic heterocycles. The molecule has 2 aromatic rings. The highest BCUT2D eigenvalue weighted by atomic mass is 32.1. The van der Waals surface area contributed by atoms with Crippen molar-refractivity contribution in [1.82, 2.24) is 4.98 Å². The van der Waals surface area contributed by atoms with Crippen molar-refractivity contribution in [1.29, 1.82) is 0 Å². The molecule has 1 unspecified atom stereocenters. The molecule has 0 aliphatic rings. The number of hydrogen-bond donors (Lipinski definition) is 1. The summed E-state index contributed by atoms with van der Waals surface area (Å²) in [6.45, 7) is 3.61. The van der Waals surface area contributed by atoms with Crippen molar-refractivity contribution in [2.45, 2.75) is 19.4 Å². The fourth-order valence-electron chi connectivity index (χ4n) is 1.69. The van der Waals surface area contributed by atoms with Gasteiger partial charge >= 0.3 is 0 Å². The predicted octanol–water partition coefficient (Wildman–Crippen LogP) is 2.85. The van der Waals surface area contributed by atoms with E-state index in [9.17, 15) is 9.50 Å². The van der Waals surface area contributed by atoms with Crippen LogP contribution in [0.15, 0.2) is 29.8 Å². The van der Waals surface area contributed by atoms with Gasteiger partial charge in [-0.25, -0.2) is 4.39 Å². The summed E-state index contributed by atoms with van der Waals surface area (Å²) in [5.41, 5.74) is 0.102. The van der Waals surface area contributed by atoms with Gasteiger partial charge in [0.05, 0.1) is 11.9 Å². The molecule has 2 aromatic heterocycles. The van der Waals surface area contributed by atoms with Gasteiger partial charge in [0.2, 0.25) is 0 Å². The Morgan fingerprint density at radius 3 is 2.62 bits per heavy atom. The van der Waals surface area contributed by atoms with Crippen molar-refractivity contribution in [3.8, 4) is 0 Å². The zero-order chi connectivity index (χ0) is 11.8. The van der Waals surface area contributed by atoms with E-state index >= 15 is 0 Å². The van der Waals surface area contributed by atoms with Gasteiger partial charge in [-0.3, -0.25) is 4.98 Å². The van der Waals surface area contributed by atoms with Crippen LogP contribution in [0.5, 0.6) is 0 Å². The lowest BCUT2D eigenvalue weighted by Gasteiger charge is -2.22. The van der Waals surface area contributed by atoms with Crippen LogP contribution in [0.3, 0.4) is 0 Å². The van der Waals surface area contributed by atoms with Crippen LogP contribution in [0.2, 0.25) is 0 Å². The maximum atomic E-state index is 12.8. The molecule has 0 saturated carbocycles. The minimum Gasteiger partial charge on any atom is -0.379 e. The summed E-state index contributed by atoms with van der Waals surface area (Å²) in [5.74, 6) is -0.401. The van der Waals surface area contributed by atoms with E-state index in [0.29, 0.717) is 5.69 Å². The van der Waals surface area contributed by atoms with Crippen molar-refractivity contribution in [2.24, 2.45) is 0 Å². The topological polar surface area (TPSA) is 33.1 Å². The van der Waals surface area contributed by atoms with Gasteiger partial charge in [0, 0.05) is 10.4 Å². The second-order valence-corrected chi connectivity index (χ2v) is 4.94. The molecule has 0 radical (unpaired) electrons. The molecule has 0 bridgehead atoms. The van der Waals surface area contributed by atoms with Gasteiger partial charge in [0.15, 0.2) is 0 Å². The van der Waals surface area contributed by atoms with Crippen molar-refractivity contribution in [3.05, 3.63) is 51.7 Å². The minimum atomic E-state index is -1.17. The second-order valence-electron chi connectivity index (χ2n) is 3.82. The Balaban J connectivity index is 2.46. The second kappa shape index (κ2) is 3.96. The third-order valence-electron chi connectivity index (χ3n) is 2.61. The van der Waals surface area contributed by atoms with E-state index in [4.69, 9.17) is 0 Å². The molecule has 4 heteroatoms. The first-order valence-corrected chi connectivity index (χ1v) is 5.79. The van der Waals surface area contributed by atoms with Crippen LogP contribution in [0, 0.1) is 12.7 Å². The molecule has 0 aromatic carbocycles. The molecule has 2 heterocycles. The Morgan fingerprint density at radius 1 is 1.38 bits per heavy atom. The van der Waals surface area contributed by atoms with Gasteiger partial charge in [-0.15, -0.1) is 11.3 Å². The Labute approximate surface area is 97.4 Å². The molecule has 0 saturated heterocycles. The van der Waals surface area contributed by atoms with Crippen LogP contribution >= 0.6 is 11.3 Å². The Hall–Kier alpha value is -1.26. The van der Waals surface area contributed by atoms with Gasteiger partial charge in [0.25, 0.3) is 0 Å².